The van der Waals surface area contributed by atoms with Gasteiger partial charge in [0.1, 0.15) is 0 Å². The van der Waals surface area contributed by atoms with Crippen molar-refractivity contribution in [1.82, 2.24) is 5.32 Å². The maximum Gasteiger partial charge on any atom is 0.228 e. The third-order valence-electron chi connectivity index (χ3n) is 4.36. The van der Waals surface area contributed by atoms with Gasteiger partial charge in [-0.05, 0) is 43.2 Å². The number of halogens is 1. The van der Waals surface area contributed by atoms with Crippen LogP contribution >= 0.6 is 24.2 Å². The third-order valence-corrected chi connectivity index (χ3v) is 5.26. The first-order valence-corrected chi connectivity index (χ1v) is 8.91. The molecule has 0 radical (unpaired) electrons. The van der Waals surface area contributed by atoms with Crippen LogP contribution in [0.3, 0.4) is 0 Å². The second-order valence-corrected chi connectivity index (χ2v) is 7.13. The summed E-state index contributed by atoms with van der Waals surface area (Å²) in [5.41, 5.74) is 6.54. The predicted octanol–water partition coefficient (Wildman–Crippen LogP) is 3.15. The maximum absolute atomic E-state index is 12.7. The molecule has 130 valence electrons. The molecule has 1 unspecified atom stereocenters. The zero-order valence-corrected chi connectivity index (χ0v) is 15.5. The summed E-state index contributed by atoms with van der Waals surface area (Å²) in [7, 11) is 0. The van der Waals surface area contributed by atoms with Crippen molar-refractivity contribution in [3.8, 4) is 0 Å². The van der Waals surface area contributed by atoms with Crippen molar-refractivity contribution < 1.29 is 9.53 Å². The molecular formula is C17H27ClN2O2S. The Morgan fingerprint density at radius 2 is 1.96 bits per heavy atom. The van der Waals surface area contributed by atoms with Crippen LogP contribution in [0.25, 0.3) is 0 Å². The first kappa shape index (κ1) is 20.3. The lowest BCUT2D eigenvalue weighted by atomic mass is 9.79. The number of hydrogen-bond donors (Lipinski definition) is 2. The number of ether oxygens (including phenoxy) is 1. The Labute approximate surface area is 149 Å². The third kappa shape index (κ3) is 5.11. The molecule has 0 saturated carbocycles. The summed E-state index contributed by atoms with van der Waals surface area (Å²) < 4.78 is 5.36. The van der Waals surface area contributed by atoms with Crippen LogP contribution in [0.1, 0.15) is 38.3 Å². The molecule has 1 aromatic rings. The molecule has 0 aromatic heterocycles. The Hall–Kier alpha value is -0.750. The highest BCUT2D eigenvalue weighted by atomic mass is 35.5. The van der Waals surface area contributed by atoms with Crippen molar-refractivity contribution in [1.29, 1.82) is 0 Å². The standard InChI is InChI=1S/C17H26N2O2S.ClH/c1-3-22-15-6-4-14(5-7-15)13(2)19-16(20)17(12-18)8-10-21-11-9-17;/h4-7,13H,3,8-12,18H2,1-2H3,(H,19,20);1H. The number of hydrogen-bond acceptors (Lipinski definition) is 4. The van der Waals surface area contributed by atoms with Gasteiger partial charge in [0.2, 0.25) is 5.91 Å². The molecule has 4 nitrogen and oxygen atoms in total. The number of rotatable bonds is 6. The van der Waals surface area contributed by atoms with Gasteiger partial charge in [0.05, 0.1) is 11.5 Å². The van der Waals surface area contributed by atoms with E-state index in [0.717, 1.165) is 11.3 Å². The van der Waals surface area contributed by atoms with E-state index < -0.39 is 5.41 Å². The summed E-state index contributed by atoms with van der Waals surface area (Å²) in [5, 5.41) is 3.13. The summed E-state index contributed by atoms with van der Waals surface area (Å²) in [4.78, 5) is 13.9. The Bertz CT molecular complexity index is 490. The van der Waals surface area contributed by atoms with Gasteiger partial charge in [0, 0.05) is 24.7 Å². The average Bonchev–Trinajstić information content (AvgIpc) is 2.56. The largest absolute Gasteiger partial charge is 0.381 e. The molecular weight excluding hydrogens is 332 g/mol. The number of carbonyl (C=O) groups excluding carboxylic acids is 1. The molecule has 1 aliphatic heterocycles. The fourth-order valence-corrected chi connectivity index (χ4v) is 3.40. The van der Waals surface area contributed by atoms with Crippen molar-refractivity contribution in [3.05, 3.63) is 29.8 Å². The van der Waals surface area contributed by atoms with Gasteiger partial charge in [-0.15, -0.1) is 24.2 Å². The molecule has 0 aliphatic carbocycles. The molecule has 1 amide bonds. The van der Waals surface area contributed by atoms with Crippen molar-refractivity contribution in [2.75, 3.05) is 25.5 Å². The highest BCUT2D eigenvalue weighted by molar-refractivity contribution is 7.99. The van der Waals surface area contributed by atoms with Gasteiger partial charge in [-0.3, -0.25) is 4.79 Å². The molecule has 1 aliphatic rings. The molecule has 1 heterocycles. The molecule has 3 N–H and O–H groups in total. The molecule has 23 heavy (non-hydrogen) atoms. The minimum atomic E-state index is -0.468. The van der Waals surface area contributed by atoms with Crippen molar-refractivity contribution in [2.24, 2.45) is 11.1 Å². The van der Waals surface area contributed by atoms with Crippen LogP contribution in [-0.4, -0.2) is 31.4 Å². The van der Waals surface area contributed by atoms with Gasteiger partial charge in [-0.25, -0.2) is 0 Å². The van der Waals surface area contributed by atoms with E-state index in [1.165, 1.54) is 4.90 Å². The lowest BCUT2D eigenvalue weighted by Crippen LogP contribution is -2.49. The zero-order valence-electron chi connectivity index (χ0n) is 13.8. The molecule has 2 rings (SSSR count). The fourth-order valence-electron chi connectivity index (χ4n) is 2.74. The van der Waals surface area contributed by atoms with Crippen LogP contribution in [0.4, 0.5) is 0 Å². The molecule has 1 aromatic carbocycles. The van der Waals surface area contributed by atoms with E-state index >= 15 is 0 Å². The van der Waals surface area contributed by atoms with E-state index in [1.807, 2.05) is 18.7 Å². The van der Waals surface area contributed by atoms with Gasteiger partial charge in [-0.2, -0.15) is 0 Å². The second kappa shape index (κ2) is 9.52. The second-order valence-electron chi connectivity index (χ2n) is 5.79. The molecule has 1 atom stereocenters. The Morgan fingerprint density at radius 1 is 1.35 bits per heavy atom. The number of nitrogens with one attached hydrogen (secondary N) is 1. The lowest BCUT2D eigenvalue weighted by Gasteiger charge is -2.35. The summed E-state index contributed by atoms with van der Waals surface area (Å²) in [6, 6.07) is 8.38. The van der Waals surface area contributed by atoms with E-state index in [9.17, 15) is 4.79 Å². The Morgan fingerprint density at radius 3 is 2.48 bits per heavy atom. The summed E-state index contributed by atoms with van der Waals surface area (Å²) in [6.07, 6.45) is 1.41. The maximum atomic E-state index is 12.7. The van der Waals surface area contributed by atoms with Gasteiger partial charge in [-0.1, -0.05) is 19.1 Å². The minimum Gasteiger partial charge on any atom is -0.381 e. The van der Waals surface area contributed by atoms with E-state index in [4.69, 9.17) is 10.5 Å². The number of carbonyl (C=O) groups is 1. The fraction of sp³-hybridized carbons (Fsp3) is 0.588. The Kier molecular flexibility index (Phi) is 8.40. The van der Waals surface area contributed by atoms with Crippen LogP contribution in [-0.2, 0) is 9.53 Å². The van der Waals surface area contributed by atoms with E-state index in [1.54, 1.807) is 0 Å². The van der Waals surface area contributed by atoms with Crippen molar-refractivity contribution in [2.45, 2.75) is 37.6 Å². The van der Waals surface area contributed by atoms with Crippen molar-refractivity contribution >= 4 is 30.1 Å². The predicted molar refractivity (Wildman–Crippen MR) is 98.2 cm³/mol. The first-order valence-electron chi connectivity index (χ1n) is 7.93. The van der Waals surface area contributed by atoms with Crippen molar-refractivity contribution in [3.63, 3.8) is 0 Å². The number of amides is 1. The summed E-state index contributed by atoms with van der Waals surface area (Å²) >= 11 is 1.82. The van der Waals surface area contributed by atoms with E-state index in [2.05, 4.69) is 36.5 Å². The quantitative estimate of drug-likeness (QED) is 0.767. The van der Waals surface area contributed by atoms with Gasteiger partial charge in [0.15, 0.2) is 0 Å². The smallest absolute Gasteiger partial charge is 0.228 e. The van der Waals surface area contributed by atoms with Crippen LogP contribution < -0.4 is 11.1 Å². The minimum absolute atomic E-state index is 0. The first-order chi connectivity index (χ1) is 10.6. The Balaban J connectivity index is 0.00000264. The summed E-state index contributed by atoms with van der Waals surface area (Å²) in [6.45, 7) is 5.76. The number of benzene rings is 1. The SMILES string of the molecule is CCSc1ccc(C(C)NC(=O)C2(CN)CCOCC2)cc1.Cl. The highest BCUT2D eigenvalue weighted by Gasteiger charge is 2.39. The molecule has 6 heteroatoms. The highest BCUT2D eigenvalue weighted by Crippen LogP contribution is 2.30. The number of nitrogens with two attached hydrogens (primary N) is 1. The average molecular weight is 359 g/mol. The van der Waals surface area contributed by atoms with Crippen LogP contribution in [0, 0.1) is 5.41 Å². The van der Waals surface area contributed by atoms with Gasteiger partial charge in [0.25, 0.3) is 0 Å². The van der Waals surface area contributed by atoms with Crippen LogP contribution in [0.2, 0.25) is 0 Å². The molecule has 1 fully saturated rings. The zero-order chi connectivity index (χ0) is 16.0. The molecule has 0 spiro atoms. The molecule has 0 bridgehead atoms. The van der Waals surface area contributed by atoms with E-state index in [0.29, 0.717) is 32.6 Å². The summed E-state index contributed by atoms with van der Waals surface area (Å²) in [5.74, 6) is 1.12. The monoisotopic (exact) mass is 358 g/mol. The number of thioether (sulfide) groups is 1. The normalized spacial score (nSPS) is 17.9. The van der Waals surface area contributed by atoms with Crippen LogP contribution in [0.15, 0.2) is 29.2 Å². The van der Waals surface area contributed by atoms with E-state index in [-0.39, 0.29) is 24.4 Å². The molecule has 1 saturated heterocycles. The topological polar surface area (TPSA) is 64.4 Å². The van der Waals surface area contributed by atoms with Gasteiger partial charge < -0.3 is 15.8 Å². The van der Waals surface area contributed by atoms with Crippen LogP contribution in [0.5, 0.6) is 0 Å². The lowest BCUT2D eigenvalue weighted by molar-refractivity contribution is -0.136. The van der Waals surface area contributed by atoms with Gasteiger partial charge >= 0.3 is 0 Å².